The summed E-state index contributed by atoms with van der Waals surface area (Å²) in [4.78, 5) is 36.2. The van der Waals surface area contributed by atoms with Crippen LogP contribution in [-0.2, 0) is 9.47 Å². The molecule has 8 nitrogen and oxygen atoms in total. The van der Waals surface area contributed by atoms with Crippen LogP contribution in [0.25, 0.3) is 0 Å². The van der Waals surface area contributed by atoms with Crippen LogP contribution >= 0.6 is 0 Å². The van der Waals surface area contributed by atoms with Crippen molar-refractivity contribution in [1.29, 1.82) is 0 Å². The van der Waals surface area contributed by atoms with Gasteiger partial charge in [-0.1, -0.05) is 13.3 Å². The Bertz CT molecular complexity index is 677. The first-order chi connectivity index (χ1) is 12.5. The number of nitrogens with zero attached hydrogens (tertiary/aromatic N) is 2. The Hall–Kier alpha value is -2.64. The minimum Gasteiger partial charge on any atom is -0.459 e. The van der Waals surface area contributed by atoms with Crippen molar-refractivity contribution in [3.8, 4) is 0 Å². The number of hydrogen-bond donors (Lipinski definition) is 0. The standard InChI is InChI=1S/C18H22N2O6/c1-2-3-8-25-18(22)19-14-9-15(19)11-16(10-14)26-17(21)12-4-6-13(7-5-12)20(23)24/h4-7,14-16H,2-3,8-11H2,1H3. The van der Waals surface area contributed by atoms with Crippen molar-refractivity contribution < 1.29 is 24.0 Å². The van der Waals surface area contributed by atoms with E-state index in [4.69, 9.17) is 9.47 Å². The number of piperidine rings is 1. The molecule has 1 amide bonds. The second kappa shape index (κ2) is 7.72. The summed E-state index contributed by atoms with van der Waals surface area (Å²) in [6.07, 6.45) is 3.40. The number of non-ortho nitro benzene ring substituents is 1. The molecule has 0 N–H and O–H groups in total. The maximum Gasteiger partial charge on any atom is 0.410 e. The Balaban J connectivity index is 1.50. The molecular formula is C18H22N2O6. The molecule has 2 bridgehead atoms. The third-order valence-electron chi connectivity index (χ3n) is 4.92. The molecule has 1 aromatic rings. The van der Waals surface area contributed by atoms with E-state index < -0.39 is 10.9 Å². The van der Waals surface area contributed by atoms with Crippen LogP contribution < -0.4 is 0 Å². The zero-order chi connectivity index (χ0) is 18.7. The predicted octanol–water partition coefficient (Wildman–Crippen LogP) is 3.29. The summed E-state index contributed by atoms with van der Waals surface area (Å²) in [6.45, 7) is 2.47. The van der Waals surface area contributed by atoms with E-state index in [1.54, 1.807) is 4.90 Å². The first-order valence-electron chi connectivity index (χ1n) is 8.90. The van der Waals surface area contributed by atoms with Crippen LogP contribution in [0.5, 0.6) is 0 Å². The number of hydrogen-bond acceptors (Lipinski definition) is 6. The van der Waals surface area contributed by atoms with Gasteiger partial charge in [-0.2, -0.15) is 0 Å². The van der Waals surface area contributed by atoms with E-state index >= 15 is 0 Å². The predicted molar refractivity (Wildman–Crippen MR) is 91.8 cm³/mol. The smallest absolute Gasteiger partial charge is 0.410 e. The number of rotatable bonds is 6. The van der Waals surface area contributed by atoms with Gasteiger partial charge in [0, 0.05) is 37.1 Å². The molecule has 1 aromatic carbocycles. The molecule has 0 radical (unpaired) electrons. The lowest BCUT2D eigenvalue weighted by molar-refractivity contribution is -0.384. The van der Waals surface area contributed by atoms with Gasteiger partial charge in [-0.05, 0) is 25.0 Å². The summed E-state index contributed by atoms with van der Waals surface area (Å²) in [7, 11) is 0. The van der Waals surface area contributed by atoms with Crippen LogP contribution in [0.4, 0.5) is 10.5 Å². The van der Waals surface area contributed by atoms with Crippen molar-refractivity contribution in [3.63, 3.8) is 0 Å². The highest BCUT2D eigenvalue weighted by atomic mass is 16.6. The third-order valence-corrected chi connectivity index (χ3v) is 4.92. The molecule has 2 aliphatic heterocycles. The molecule has 2 saturated heterocycles. The molecule has 140 valence electrons. The van der Waals surface area contributed by atoms with Gasteiger partial charge in [0.1, 0.15) is 6.10 Å². The van der Waals surface area contributed by atoms with Crippen LogP contribution in [0.2, 0.25) is 0 Å². The van der Waals surface area contributed by atoms with Gasteiger partial charge in [0.2, 0.25) is 0 Å². The first-order valence-corrected chi connectivity index (χ1v) is 8.90. The maximum atomic E-state index is 12.2. The fourth-order valence-corrected chi connectivity index (χ4v) is 3.54. The largest absolute Gasteiger partial charge is 0.459 e. The summed E-state index contributed by atoms with van der Waals surface area (Å²) in [5.41, 5.74) is 0.211. The quantitative estimate of drug-likeness (QED) is 0.333. The van der Waals surface area contributed by atoms with E-state index in [0.29, 0.717) is 19.4 Å². The average molecular weight is 362 g/mol. The monoisotopic (exact) mass is 362 g/mol. The number of amides is 1. The second-order valence-electron chi connectivity index (χ2n) is 6.72. The fraction of sp³-hybridized carbons (Fsp3) is 0.556. The molecule has 0 aromatic heterocycles. The number of fused-ring (bicyclic) bond motifs is 2. The highest BCUT2D eigenvalue weighted by Crippen LogP contribution is 2.40. The number of unbranched alkanes of at least 4 members (excludes halogenated alkanes) is 1. The highest BCUT2D eigenvalue weighted by molar-refractivity contribution is 5.89. The molecule has 2 atom stereocenters. The normalized spacial score (nSPS) is 23.7. The Morgan fingerprint density at radius 3 is 2.42 bits per heavy atom. The van der Waals surface area contributed by atoms with E-state index in [2.05, 4.69) is 0 Å². The molecule has 0 spiro atoms. The second-order valence-corrected chi connectivity index (χ2v) is 6.72. The number of esters is 1. The summed E-state index contributed by atoms with van der Waals surface area (Å²) in [5, 5.41) is 10.7. The van der Waals surface area contributed by atoms with E-state index in [0.717, 1.165) is 19.3 Å². The van der Waals surface area contributed by atoms with Crippen molar-refractivity contribution in [2.24, 2.45) is 0 Å². The molecule has 26 heavy (non-hydrogen) atoms. The highest BCUT2D eigenvalue weighted by Gasteiger charge is 2.49. The van der Waals surface area contributed by atoms with E-state index in [1.165, 1.54) is 24.3 Å². The van der Waals surface area contributed by atoms with Gasteiger partial charge in [-0.25, -0.2) is 9.59 Å². The zero-order valence-corrected chi connectivity index (χ0v) is 14.6. The molecule has 8 heteroatoms. The van der Waals surface area contributed by atoms with Gasteiger partial charge >= 0.3 is 12.1 Å². The van der Waals surface area contributed by atoms with Gasteiger partial charge in [-0.3, -0.25) is 10.1 Å². The van der Waals surface area contributed by atoms with Crippen molar-refractivity contribution in [2.45, 2.75) is 57.2 Å². The average Bonchev–Trinajstić information content (AvgIpc) is 2.62. The molecule has 3 fully saturated rings. The number of carbonyl (C=O) groups excluding carboxylic acids is 2. The molecule has 4 rings (SSSR count). The van der Waals surface area contributed by atoms with Crippen LogP contribution in [0.3, 0.4) is 0 Å². The van der Waals surface area contributed by atoms with Crippen LogP contribution in [-0.4, -0.2) is 46.7 Å². The Labute approximate surface area is 151 Å². The minimum atomic E-state index is -0.516. The van der Waals surface area contributed by atoms with Crippen LogP contribution in [0.15, 0.2) is 24.3 Å². The van der Waals surface area contributed by atoms with Gasteiger partial charge in [0.25, 0.3) is 5.69 Å². The fourth-order valence-electron chi connectivity index (χ4n) is 3.54. The van der Waals surface area contributed by atoms with Gasteiger partial charge in [-0.15, -0.1) is 0 Å². The Kier molecular flexibility index (Phi) is 5.39. The van der Waals surface area contributed by atoms with Crippen LogP contribution in [0, 0.1) is 10.1 Å². The minimum absolute atomic E-state index is 0.0533. The summed E-state index contributed by atoms with van der Waals surface area (Å²) in [6, 6.07) is 5.45. The molecular weight excluding hydrogens is 340 g/mol. The first kappa shape index (κ1) is 18.2. The van der Waals surface area contributed by atoms with Crippen molar-refractivity contribution in [1.82, 2.24) is 4.90 Å². The summed E-state index contributed by atoms with van der Waals surface area (Å²) < 4.78 is 10.8. The van der Waals surface area contributed by atoms with Gasteiger partial charge in [0.05, 0.1) is 17.1 Å². The van der Waals surface area contributed by atoms with E-state index in [1.807, 2.05) is 6.92 Å². The maximum absolute atomic E-state index is 12.2. The molecule has 2 heterocycles. The van der Waals surface area contributed by atoms with Crippen LogP contribution in [0.1, 0.15) is 49.4 Å². The number of benzene rings is 1. The lowest BCUT2D eigenvalue weighted by Gasteiger charge is -2.53. The van der Waals surface area contributed by atoms with E-state index in [-0.39, 0.29) is 35.5 Å². The zero-order valence-electron chi connectivity index (χ0n) is 14.6. The summed E-state index contributed by atoms with van der Waals surface area (Å²) in [5.74, 6) is -0.497. The van der Waals surface area contributed by atoms with E-state index in [9.17, 15) is 19.7 Å². The van der Waals surface area contributed by atoms with Crippen molar-refractivity contribution >= 4 is 17.7 Å². The van der Waals surface area contributed by atoms with Gasteiger partial charge < -0.3 is 14.4 Å². The van der Waals surface area contributed by atoms with Gasteiger partial charge in [0.15, 0.2) is 0 Å². The Morgan fingerprint density at radius 2 is 1.85 bits per heavy atom. The molecule has 1 aliphatic carbocycles. The lowest BCUT2D eigenvalue weighted by Crippen LogP contribution is -2.64. The topological polar surface area (TPSA) is 99.0 Å². The van der Waals surface area contributed by atoms with Crippen molar-refractivity contribution in [2.75, 3.05) is 6.61 Å². The van der Waals surface area contributed by atoms with Crippen molar-refractivity contribution in [3.05, 3.63) is 39.9 Å². The SMILES string of the molecule is CCCCOC(=O)N1C2CC(OC(=O)c3ccc([N+](=O)[O-])cc3)CC1C2. The molecule has 1 saturated carbocycles. The third kappa shape index (κ3) is 3.79. The molecule has 2 unspecified atom stereocenters. The number of nitro groups is 1. The number of nitro benzene ring substituents is 1. The Morgan fingerprint density at radius 1 is 1.19 bits per heavy atom. The number of carbonyl (C=O) groups is 2. The number of ether oxygens (including phenoxy) is 2. The summed E-state index contributed by atoms with van der Waals surface area (Å²) >= 11 is 0. The molecule has 3 aliphatic rings. The lowest BCUT2D eigenvalue weighted by atomic mass is 9.78.